The highest BCUT2D eigenvalue weighted by atomic mass is 16.4. The van der Waals surface area contributed by atoms with Gasteiger partial charge in [-0.1, -0.05) is 6.92 Å². The normalized spacial score (nSPS) is 23.9. The van der Waals surface area contributed by atoms with Crippen molar-refractivity contribution in [2.45, 2.75) is 44.8 Å². The quantitative estimate of drug-likeness (QED) is 0.600. The molecular formula is C12H24N2O3. The molecule has 0 amide bonds. The molecule has 0 aromatic heterocycles. The van der Waals surface area contributed by atoms with E-state index in [-0.39, 0.29) is 6.54 Å². The number of hydrogen-bond donors (Lipinski definition) is 3. The molecule has 0 saturated carbocycles. The minimum atomic E-state index is -1.66. The summed E-state index contributed by atoms with van der Waals surface area (Å²) in [5, 5.41) is 22.1. The third-order valence-corrected chi connectivity index (χ3v) is 3.17. The first kappa shape index (κ1) is 14.4. The number of carboxylic acids is 1. The summed E-state index contributed by atoms with van der Waals surface area (Å²) < 4.78 is 0. The third-order valence-electron chi connectivity index (χ3n) is 3.17. The molecule has 5 heteroatoms. The average molecular weight is 244 g/mol. The van der Waals surface area contributed by atoms with Crippen molar-refractivity contribution in [1.29, 1.82) is 0 Å². The highest BCUT2D eigenvalue weighted by Crippen LogP contribution is 2.11. The summed E-state index contributed by atoms with van der Waals surface area (Å²) in [4.78, 5) is 12.9. The highest BCUT2D eigenvalue weighted by molar-refractivity contribution is 5.76. The fourth-order valence-electron chi connectivity index (χ4n) is 2.28. The van der Waals surface area contributed by atoms with Gasteiger partial charge in [0.1, 0.15) is 0 Å². The summed E-state index contributed by atoms with van der Waals surface area (Å²) in [7, 11) is 0. The Morgan fingerprint density at radius 1 is 1.59 bits per heavy atom. The van der Waals surface area contributed by atoms with Crippen LogP contribution in [0.4, 0.5) is 0 Å². The largest absolute Gasteiger partial charge is 0.479 e. The molecule has 0 aliphatic carbocycles. The Morgan fingerprint density at radius 2 is 2.29 bits per heavy atom. The summed E-state index contributed by atoms with van der Waals surface area (Å²) in [6, 6.07) is 0.436. The van der Waals surface area contributed by atoms with Crippen molar-refractivity contribution in [3.8, 4) is 0 Å². The van der Waals surface area contributed by atoms with Gasteiger partial charge in [0.05, 0.1) is 0 Å². The predicted molar refractivity (Wildman–Crippen MR) is 66.0 cm³/mol. The van der Waals surface area contributed by atoms with Gasteiger partial charge in [-0.2, -0.15) is 0 Å². The van der Waals surface area contributed by atoms with E-state index in [1.54, 1.807) is 0 Å². The standard InChI is InChI=1S/C12H24N2O3/c1-3-7-14(8-10-5-4-6-13-10)9-12(2,17)11(15)16/h10,13,17H,3-9H2,1-2H3,(H,15,16). The molecule has 17 heavy (non-hydrogen) atoms. The van der Waals surface area contributed by atoms with Crippen LogP contribution < -0.4 is 5.32 Å². The monoisotopic (exact) mass is 244 g/mol. The van der Waals surface area contributed by atoms with Gasteiger partial charge in [-0.15, -0.1) is 0 Å². The van der Waals surface area contributed by atoms with Crippen molar-refractivity contribution in [1.82, 2.24) is 10.2 Å². The molecule has 1 saturated heterocycles. The Kier molecular flexibility index (Phi) is 5.36. The lowest BCUT2D eigenvalue weighted by molar-refractivity contribution is -0.158. The average Bonchev–Trinajstić information content (AvgIpc) is 2.69. The van der Waals surface area contributed by atoms with Gasteiger partial charge < -0.3 is 15.5 Å². The fraction of sp³-hybridized carbons (Fsp3) is 0.917. The van der Waals surface area contributed by atoms with Gasteiger partial charge in [-0.3, -0.25) is 4.90 Å². The molecule has 1 fully saturated rings. The van der Waals surface area contributed by atoms with Crippen molar-refractivity contribution < 1.29 is 15.0 Å². The first-order valence-electron chi connectivity index (χ1n) is 6.37. The van der Waals surface area contributed by atoms with E-state index in [0.29, 0.717) is 6.04 Å². The van der Waals surface area contributed by atoms with Crippen molar-refractivity contribution >= 4 is 5.97 Å². The Morgan fingerprint density at radius 3 is 2.76 bits per heavy atom. The number of nitrogens with one attached hydrogen (secondary N) is 1. The second-order valence-corrected chi connectivity index (χ2v) is 5.11. The minimum Gasteiger partial charge on any atom is -0.479 e. The van der Waals surface area contributed by atoms with E-state index in [9.17, 15) is 9.90 Å². The van der Waals surface area contributed by atoms with E-state index < -0.39 is 11.6 Å². The van der Waals surface area contributed by atoms with Crippen LogP contribution in [0.25, 0.3) is 0 Å². The zero-order valence-corrected chi connectivity index (χ0v) is 10.8. The van der Waals surface area contributed by atoms with E-state index in [4.69, 9.17) is 5.11 Å². The Bertz CT molecular complexity index is 250. The number of aliphatic hydroxyl groups is 1. The SMILES string of the molecule is CCCN(CC1CCCN1)CC(C)(O)C(=O)O. The predicted octanol–water partition coefficient (Wildman–Crippen LogP) is 0.286. The van der Waals surface area contributed by atoms with E-state index in [1.165, 1.54) is 13.3 Å². The first-order chi connectivity index (χ1) is 7.95. The van der Waals surface area contributed by atoms with E-state index in [1.807, 2.05) is 4.90 Å². The summed E-state index contributed by atoms with van der Waals surface area (Å²) in [5.74, 6) is -1.15. The molecule has 2 unspecified atom stereocenters. The minimum absolute atomic E-state index is 0.189. The van der Waals surface area contributed by atoms with Gasteiger partial charge in [-0.25, -0.2) is 4.79 Å². The molecule has 2 atom stereocenters. The van der Waals surface area contributed by atoms with E-state index >= 15 is 0 Å². The number of carboxylic acid groups (broad SMARTS) is 1. The van der Waals surface area contributed by atoms with Crippen molar-refractivity contribution in [2.24, 2.45) is 0 Å². The maximum absolute atomic E-state index is 10.9. The summed E-state index contributed by atoms with van der Waals surface area (Å²) in [6.45, 7) is 6.29. The maximum atomic E-state index is 10.9. The maximum Gasteiger partial charge on any atom is 0.336 e. The highest BCUT2D eigenvalue weighted by Gasteiger charge is 2.33. The lowest BCUT2D eigenvalue weighted by Gasteiger charge is -2.30. The molecule has 1 heterocycles. The van der Waals surface area contributed by atoms with Crippen LogP contribution in [0.2, 0.25) is 0 Å². The van der Waals surface area contributed by atoms with Gasteiger partial charge in [0, 0.05) is 19.1 Å². The van der Waals surface area contributed by atoms with Crippen molar-refractivity contribution in [3.05, 3.63) is 0 Å². The Hall–Kier alpha value is -0.650. The van der Waals surface area contributed by atoms with Crippen LogP contribution in [0, 0.1) is 0 Å². The zero-order chi connectivity index (χ0) is 12.9. The summed E-state index contributed by atoms with van der Waals surface area (Å²) >= 11 is 0. The molecule has 0 radical (unpaired) electrons. The van der Waals surface area contributed by atoms with Gasteiger partial charge in [-0.05, 0) is 39.3 Å². The van der Waals surface area contributed by atoms with Crippen LogP contribution in [-0.2, 0) is 4.79 Å². The number of hydrogen-bond acceptors (Lipinski definition) is 4. The zero-order valence-electron chi connectivity index (χ0n) is 10.8. The number of nitrogens with zero attached hydrogens (tertiary/aromatic N) is 1. The molecule has 1 aliphatic heterocycles. The van der Waals surface area contributed by atoms with Crippen LogP contribution in [0.5, 0.6) is 0 Å². The molecular weight excluding hydrogens is 220 g/mol. The molecule has 1 aliphatic rings. The molecule has 1 rings (SSSR count). The molecule has 100 valence electrons. The topological polar surface area (TPSA) is 72.8 Å². The van der Waals surface area contributed by atoms with E-state index in [2.05, 4.69) is 12.2 Å². The summed E-state index contributed by atoms with van der Waals surface area (Å²) in [5.41, 5.74) is -1.66. The lowest BCUT2D eigenvalue weighted by Crippen LogP contribution is -2.49. The first-order valence-corrected chi connectivity index (χ1v) is 6.37. The third kappa shape index (κ3) is 4.61. The number of carbonyl (C=O) groups is 1. The lowest BCUT2D eigenvalue weighted by atomic mass is 10.1. The van der Waals surface area contributed by atoms with Crippen molar-refractivity contribution in [2.75, 3.05) is 26.2 Å². The van der Waals surface area contributed by atoms with Crippen LogP contribution in [-0.4, -0.2) is 58.9 Å². The summed E-state index contributed by atoms with van der Waals surface area (Å²) in [6.07, 6.45) is 3.28. The molecule has 3 N–H and O–H groups in total. The second-order valence-electron chi connectivity index (χ2n) is 5.11. The van der Waals surface area contributed by atoms with Gasteiger partial charge >= 0.3 is 5.97 Å². The molecule has 0 spiro atoms. The van der Waals surface area contributed by atoms with E-state index in [0.717, 1.165) is 32.5 Å². The molecule has 5 nitrogen and oxygen atoms in total. The van der Waals surface area contributed by atoms with Crippen LogP contribution in [0.15, 0.2) is 0 Å². The van der Waals surface area contributed by atoms with Gasteiger partial charge in [0.15, 0.2) is 5.60 Å². The van der Waals surface area contributed by atoms with Crippen LogP contribution in [0.3, 0.4) is 0 Å². The Balaban J connectivity index is 2.49. The fourth-order valence-corrected chi connectivity index (χ4v) is 2.28. The van der Waals surface area contributed by atoms with Gasteiger partial charge in [0.25, 0.3) is 0 Å². The molecule has 0 aromatic rings. The van der Waals surface area contributed by atoms with Crippen molar-refractivity contribution in [3.63, 3.8) is 0 Å². The van der Waals surface area contributed by atoms with Crippen LogP contribution >= 0.6 is 0 Å². The Labute approximate surface area is 103 Å². The second kappa shape index (κ2) is 6.33. The smallest absolute Gasteiger partial charge is 0.336 e. The number of rotatable bonds is 7. The number of aliphatic carboxylic acids is 1. The molecule has 0 bridgehead atoms. The molecule has 0 aromatic carbocycles. The van der Waals surface area contributed by atoms with Gasteiger partial charge in [0.2, 0.25) is 0 Å². The van der Waals surface area contributed by atoms with Crippen LogP contribution in [0.1, 0.15) is 33.1 Å².